The minimum atomic E-state index is -1.21. The van der Waals surface area contributed by atoms with Gasteiger partial charge in [-0.15, -0.1) is 0 Å². The molecule has 0 spiro atoms. The number of nitrogens with two attached hydrogens (primary N) is 1. The zero-order valence-corrected chi connectivity index (χ0v) is 13.3. The summed E-state index contributed by atoms with van der Waals surface area (Å²) in [6.45, 7) is -1.21. The Morgan fingerprint density at radius 3 is 1.90 bits per heavy atom. The predicted octanol–water partition coefficient (Wildman–Crippen LogP) is -0.469. The van der Waals surface area contributed by atoms with E-state index in [0.29, 0.717) is 0 Å². The smallest absolute Gasteiger partial charge is 0.0856 e. The third-order valence-corrected chi connectivity index (χ3v) is 2.47. The van der Waals surface area contributed by atoms with Crippen LogP contribution in [0.3, 0.4) is 0 Å². The van der Waals surface area contributed by atoms with Gasteiger partial charge in [-0.05, 0) is 18.2 Å². The standard InChI is InChI=1S/C9H8N2.C4H11NO3.Ir/c1-2-5-9(6-3-1)11-8-4-7-10-11;5-4(1-6,2-7)3-8;/h1-8H;6-8H,1-3,5H2;. The van der Waals surface area contributed by atoms with Crippen molar-refractivity contribution in [1.82, 2.24) is 9.78 Å². The van der Waals surface area contributed by atoms with Crippen LogP contribution in [0.15, 0.2) is 48.8 Å². The van der Waals surface area contributed by atoms with Gasteiger partial charge in [-0.2, -0.15) is 5.10 Å². The molecule has 1 radical (unpaired) electrons. The van der Waals surface area contributed by atoms with Gasteiger partial charge in [-0.25, -0.2) is 4.68 Å². The average Bonchev–Trinajstić information content (AvgIpc) is 3.02. The summed E-state index contributed by atoms with van der Waals surface area (Å²) in [4.78, 5) is 0. The van der Waals surface area contributed by atoms with Crippen LogP contribution >= 0.6 is 0 Å². The first kappa shape index (κ1) is 18.9. The van der Waals surface area contributed by atoms with Crippen LogP contribution in [0.2, 0.25) is 0 Å². The second kappa shape index (κ2) is 9.77. The molecule has 1 heterocycles. The molecule has 0 fully saturated rings. The van der Waals surface area contributed by atoms with Gasteiger partial charge in [-0.1, -0.05) is 18.2 Å². The van der Waals surface area contributed by atoms with Crippen molar-refractivity contribution in [2.24, 2.45) is 5.73 Å². The fourth-order valence-corrected chi connectivity index (χ4v) is 1.15. The number of rotatable bonds is 4. The van der Waals surface area contributed by atoms with E-state index in [-0.39, 0.29) is 20.1 Å². The molecular formula is C13H19IrN3O3. The molecule has 0 aliphatic heterocycles. The van der Waals surface area contributed by atoms with Gasteiger partial charge in [0, 0.05) is 32.5 Å². The average molecular weight is 458 g/mol. The molecule has 2 aromatic rings. The number of benzene rings is 1. The zero-order chi connectivity index (χ0) is 14.1. The van der Waals surface area contributed by atoms with E-state index >= 15 is 0 Å². The fourth-order valence-electron chi connectivity index (χ4n) is 1.15. The van der Waals surface area contributed by atoms with Gasteiger partial charge < -0.3 is 21.1 Å². The minimum Gasteiger partial charge on any atom is -0.394 e. The summed E-state index contributed by atoms with van der Waals surface area (Å²) in [7, 11) is 0. The van der Waals surface area contributed by atoms with Crippen LogP contribution in [0, 0.1) is 0 Å². The van der Waals surface area contributed by atoms with Gasteiger partial charge in [0.25, 0.3) is 0 Å². The van der Waals surface area contributed by atoms with Crippen LogP contribution in [-0.2, 0) is 20.1 Å². The van der Waals surface area contributed by atoms with Gasteiger partial charge in [0.1, 0.15) is 0 Å². The Kier molecular flexibility index (Phi) is 9.24. The maximum absolute atomic E-state index is 8.34. The van der Waals surface area contributed by atoms with Crippen LogP contribution < -0.4 is 5.73 Å². The number of aliphatic hydroxyl groups is 3. The largest absolute Gasteiger partial charge is 0.394 e. The maximum atomic E-state index is 8.34. The first-order valence-corrected chi connectivity index (χ1v) is 5.82. The first-order valence-electron chi connectivity index (χ1n) is 5.82. The molecule has 0 bridgehead atoms. The third kappa shape index (κ3) is 5.92. The predicted molar refractivity (Wildman–Crippen MR) is 71.7 cm³/mol. The molecule has 0 amide bonds. The molecular weight excluding hydrogens is 438 g/mol. The molecule has 113 valence electrons. The summed E-state index contributed by atoms with van der Waals surface area (Å²) in [5, 5.41) is 29.1. The molecule has 0 saturated carbocycles. The van der Waals surface area contributed by atoms with Gasteiger partial charge in [0.15, 0.2) is 0 Å². The molecule has 2 rings (SSSR count). The van der Waals surface area contributed by atoms with E-state index in [1.165, 1.54) is 0 Å². The number of aliphatic hydroxyl groups excluding tert-OH is 3. The van der Waals surface area contributed by atoms with Crippen LogP contribution in [0.25, 0.3) is 5.69 Å². The minimum absolute atomic E-state index is 0. The fraction of sp³-hybridized carbons (Fsp3) is 0.308. The van der Waals surface area contributed by atoms with Crippen LogP contribution in [-0.4, -0.2) is 50.5 Å². The van der Waals surface area contributed by atoms with Crippen molar-refractivity contribution in [3.8, 4) is 5.69 Å². The van der Waals surface area contributed by atoms with Crippen LogP contribution in [0.4, 0.5) is 0 Å². The van der Waals surface area contributed by atoms with Crippen LogP contribution in [0.5, 0.6) is 0 Å². The van der Waals surface area contributed by atoms with Crippen molar-refractivity contribution in [2.45, 2.75) is 5.54 Å². The number of nitrogens with zero attached hydrogens (tertiary/aromatic N) is 2. The Balaban J connectivity index is 0.000000364. The zero-order valence-electron chi connectivity index (χ0n) is 10.9. The van der Waals surface area contributed by atoms with E-state index in [9.17, 15) is 0 Å². The molecule has 0 aliphatic rings. The SMILES string of the molecule is NC(CO)(CO)CO.[Ir].c1ccc(-n2cccn2)cc1. The normalized spacial score (nSPS) is 10.2. The summed E-state index contributed by atoms with van der Waals surface area (Å²) in [5.74, 6) is 0. The molecule has 0 saturated heterocycles. The Hall–Kier alpha value is -1.08. The van der Waals surface area contributed by atoms with E-state index in [2.05, 4.69) is 5.10 Å². The van der Waals surface area contributed by atoms with Gasteiger partial charge in [0.2, 0.25) is 0 Å². The van der Waals surface area contributed by atoms with Crippen molar-refractivity contribution in [3.63, 3.8) is 0 Å². The number of hydrogen-bond acceptors (Lipinski definition) is 5. The van der Waals surface area contributed by atoms with Gasteiger partial charge >= 0.3 is 0 Å². The molecule has 7 heteroatoms. The second-order valence-corrected chi connectivity index (χ2v) is 4.12. The molecule has 0 atom stereocenters. The maximum Gasteiger partial charge on any atom is 0.0856 e. The third-order valence-electron chi connectivity index (χ3n) is 2.47. The van der Waals surface area contributed by atoms with Crippen LogP contribution in [0.1, 0.15) is 0 Å². The number of para-hydroxylation sites is 1. The van der Waals surface area contributed by atoms with E-state index in [0.717, 1.165) is 5.69 Å². The second-order valence-electron chi connectivity index (χ2n) is 4.12. The van der Waals surface area contributed by atoms with E-state index in [1.807, 2.05) is 47.3 Å². The van der Waals surface area contributed by atoms with Gasteiger partial charge in [0.05, 0.1) is 31.0 Å². The number of aromatic nitrogens is 2. The summed E-state index contributed by atoms with van der Waals surface area (Å²) < 4.78 is 1.83. The summed E-state index contributed by atoms with van der Waals surface area (Å²) in [6.07, 6.45) is 3.70. The molecule has 5 N–H and O–H groups in total. The Morgan fingerprint density at radius 1 is 1.00 bits per heavy atom. The van der Waals surface area contributed by atoms with Crippen molar-refractivity contribution >= 4 is 0 Å². The molecule has 0 unspecified atom stereocenters. The molecule has 20 heavy (non-hydrogen) atoms. The number of hydrogen-bond donors (Lipinski definition) is 4. The van der Waals surface area contributed by atoms with E-state index in [1.54, 1.807) is 6.20 Å². The summed E-state index contributed by atoms with van der Waals surface area (Å²) in [5.41, 5.74) is 5.03. The molecule has 0 aliphatic carbocycles. The molecule has 6 nitrogen and oxygen atoms in total. The van der Waals surface area contributed by atoms with Gasteiger partial charge in [-0.3, -0.25) is 0 Å². The topological polar surface area (TPSA) is 105 Å². The first-order chi connectivity index (χ1) is 9.15. The van der Waals surface area contributed by atoms with Crippen molar-refractivity contribution < 1.29 is 35.4 Å². The molecule has 1 aromatic carbocycles. The van der Waals surface area contributed by atoms with E-state index in [4.69, 9.17) is 21.1 Å². The molecule has 1 aromatic heterocycles. The quantitative estimate of drug-likeness (QED) is 0.497. The monoisotopic (exact) mass is 458 g/mol. The Morgan fingerprint density at radius 2 is 1.55 bits per heavy atom. The Labute approximate surface area is 131 Å². The summed E-state index contributed by atoms with van der Waals surface area (Å²) in [6, 6.07) is 11.9. The Bertz CT molecular complexity index is 439. The van der Waals surface area contributed by atoms with Crippen molar-refractivity contribution in [2.75, 3.05) is 19.8 Å². The van der Waals surface area contributed by atoms with E-state index < -0.39 is 25.4 Å². The summed E-state index contributed by atoms with van der Waals surface area (Å²) >= 11 is 0. The van der Waals surface area contributed by atoms with Crippen molar-refractivity contribution in [3.05, 3.63) is 48.8 Å². The van der Waals surface area contributed by atoms with Crippen molar-refractivity contribution in [1.29, 1.82) is 0 Å².